The van der Waals surface area contributed by atoms with Gasteiger partial charge >= 0.3 is 0 Å². The molecule has 18 heavy (non-hydrogen) atoms. The lowest BCUT2D eigenvalue weighted by Gasteiger charge is -2.09. The Morgan fingerprint density at radius 1 is 1.33 bits per heavy atom. The van der Waals surface area contributed by atoms with Crippen molar-refractivity contribution in [2.24, 2.45) is 0 Å². The smallest absolute Gasteiger partial charge is 0.239 e. The Morgan fingerprint density at radius 2 is 2.06 bits per heavy atom. The topological polar surface area (TPSA) is 54.9 Å². The highest BCUT2D eigenvalue weighted by Crippen LogP contribution is 2.24. The molecular formula is C12H13N3OS2. The van der Waals surface area contributed by atoms with E-state index in [-0.39, 0.29) is 11.2 Å². The molecule has 0 saturated carbocycles. The molecular weight excluding hydrogens is 266 g/mol. The minimum absolute atomic E-state index is 0.0556. The molecule has 0 radical (unpaired) electrons. The number of amides is 1. The number of aromatic nitrogens is 2. The third kappa shape index (κ3) is 3.54. The van der Waals surface area contributed by atoms with E-state index < -0.39 is 0 Å². The first-order chi connectivity index (χ1) is 8.65. The highest BCUT2D eigenvalue weighted by atomic mass is 32.2. The molecule has 94 valence electrons. The fraction of sp³-hybridized carbons (Fsp3) is 0.250. The van der Waals surface area contributed by atoms with E-state index in [2.05, 4.69) is 15.5 Å². The number of nitrogens with one attached hydrogen (secondary N) is 1. The molecule has 0 aliphatic heterocycles. The van der Waals surface area contributed by atoms with E-state index in [4.69, 9.17) is 0 Å². The summed E-state index contributed by atoms with van der Waals surface area (Å²) in [5.41, 5.74) is 0. The second-order valence-electron chi connectivity index (χ2n) is 3.69. The normalized spacial score (nSPS) is 12.1. The predicted molar refractivity (Wildman–Crippen MR) is 75.0 cm³/mol. The van der Waals surface area contributed by atoms with Crippen LogP contribution in [-0.2, 0) is 4.79 Å². The van der Waals surface area contributed by atoms with E-state index in [1.165, 1.54) is 23.1 Å². The summed E-state index contributed by atoms with van der Waals surface area (Å²) in [4.78, 5) is 13.0. The Bertz CT molecular complexity index is 527. The molecule has 0 aliphatic carbocycles. The molecule has 0 unspecified atom stereocenters. The van der Waals surface area contributed by atoms with Crippen molar-refractivity contribution in [2.75, 3.05) is 5.32 Å². The zero-order valence-electron chi connectivity index (χ0n) is 10.1. The zero-order chi connectivity index (χ0) is 13.0. The van der Waals surface area contributed by atoms with Crippen molar-refractivity contribution in [1.82, 2.24) is 10.2 Å². The number of rotatable bonds is 4. The largest absolute Gasteiger partial charge is 0.300 e. The van der Waals surface area contributed by atoms with Crippen molar-refractivity contribution < 1.29 is 4.79 Å². The van der Waals surface area contributed by atoms with Crippen molar-refractivity contribution in [3.63, 3.8) is 0 Å². The first-order valence-corrected chi connectivity index (χ1v) is 7.17. The van der Waals surface area contributed by atoms with E-state index in [9.17, 15) is 4.79 Å². The summed E-state index contributed by atoms with van der Waals surface area (Å²) < 4.78 is 0. The molecule has 2 aromatic rings. The average Bonchev–Trinajstić information content (AvgIpc) is 2.76. The average molecular weight is 279 g/mol. The van der Waals surface area contributed by atoms with E-state index in [1.54, 1.807) is 0 Å². The standard InChI is InChI=1S/C12H13N3OS2/c1-8(17-10-6-4-3-5-7-10)11(16)13-12-15-14-9(2)18-12/h3-8H,1-2H3,(H,13,15,16)/t8-/m0/s1. The summed E-state index contributed by atoms with van der Waals surface area (Å²) in [7, 11) is 0. The monoisotopic (exact) mass is 279 g/mol. The van der Waals surface area contributed by atoms with E-state index >= 15 is 0 Å². The van der Waals surface area contributed by atoms with Gasteiger partial charge in [-0.2, -0.15) is 0 Å². The number of aryl methyl sites for hydroxylation is 1. The van der Waals surface area contributed by atoms with E-state index in [0.717, 1.165) is 9.90 Å². The fourth-order valence-corrected chi connectivity index (χ4v) is 2.79. The molecule has 1 aromatic carbocycles. The van der Waals surface area contributed by atoms with Crippen LogP contribution in [-0.4, -0.2) is 21.4 Å². The molecule has 6 heteroatoms. The van der Waals surface area contributed by atoms with Gasteiger partial charge in [-0.15, -0.1) is 22.0 Å². The summed E-state index contributed by atoms with van der Waals surface area (Å²) in [5, 5.41) is 11.7. The second-order valence-corrected chi connectivity index (χ2v) is 6.28. The van der Waals surface area contributed by atoms with Gasteiger partial charge in [0.15, 0.2) is 0 Å². The van der Waals surface area contributed by atoms with Crippen LogP contribution in [0.15, 0.2) is 35.2 Å². The second kappa shape index (κ2) is 5.97. The molecule has 0 spiro atoms. The Balaban J connectivity index is 1.93. The summed E-state index contributed by atoms with van der Waals surface area (Å²) in [6.07, 6.45) is 0. The van der Waals surface area contributed by atoms with Gasteiger partial charge in [-0.3, -0.25) is 10.1 Å². The lowest BCUT2D eigenvalue weighted by atomic mass is 10.4. The molecule has 2 rings (SSSR count). The highest BCUT2D eigenvalue weighted by Gasteiger charge is 2.15. The van der Waals surface area contributed by atoms with Gasteiger partial charge in [-0.25, -0.2) is 0 Å². The van der Waals surface area contributed by atoms with Gasteiger partial charge in [0.25, 0.3) is 0 Å². The minimum Gasteiger partial charge on any atom is -0.300 e. The predicted octanol–water partition coefficient (Wildman–Crippen LogP) is 2.97. The highest BCUT2D eigenvalue weighted by molar-refractivity contribution is 8.00. The number of benzene rings is 1. The molecule has 1 amide bonds. The van der Waals surface area contributed by atoms with Crippen molar-refractivity contribution in [1.29, 1.82) is 0 Å². The van der Waals surface area contributed by atoms with E-state index in [1.807, 2.05) is 44.2 Å². The maximum Gasteiger partial charge on any atom is 0.239 e. The molecule has 1 N–H and O–H groups in total. The van der Waals surface area contributed by atoms with Crippen LogP contribution in [0.5, 0.6) is 0 Å². The maximum atomic E-state index is 11.9. The lowest BCUT2D eigenvalue weighted by molar-refractivity contribution is -0.115. The maximum absolute atomic E-state index is 11.9. The Kier molecular flexibility index (Phi) is 4.33. The fourth-order valence-electron chi connectivity index (χ4n) is 1.31. The molecule has 1 heterocycles. The summed E-state index contributed by atoms with van der Waals surface area (Å²) in [5.74, 6) is -0.0556. The number of carbonyl (C=O) groups is 1. The van der Waals surface area contributed by atoms with Crippen LogP contribution in [0.25, 0.3) is 0 Å². The van der Waals surface area contributed by atoms with Crippen LogP contribution in [0.2, 0.25) is 0 Å². The minimum atomic E-state index is -0.170. The molecule has 1 aromatic heterocycles. The summed E-state index contributed by atoms with van der Waals surface area (Å²) in [6.45, 7) is 3.73. The van der Waals surface area contributed by atoms with Gasteiger partial charge in [0.05, 0.1) is 5.25 Å². The quantitative estimate of drug-likeness (QED) is 0.874. The third-order valence-corrected chi connectivity index (χ3v) is 4.05. The molecule has 4 nitrogen and oxygen atoms in total. The first-order valence-electron chi connectivity index (χ1n) is 5.48. The van der Waals surface area contributed by atoms with Crippen LogP contribution in [0, 0.1) is 6.92 Å². The lowest BCUT2D eigenvalue weighted by Crippen LogP contribution is -2.22. The van der Waals surface area contributed by atoms with Crippen molar-refractivity contribution in [2.45, 2.75) is 24.0 Å². The van der Waals surface area contributed by atoms with Gasteiger partial charge < -0.3 is 0 Å². The number of hydrogen-bond acceptors (Lipinski definition) is 5. The van der Waals surface area contributed by atoms with Gasteiger partial charge in [0, 0.05) is 4.90 Å². The number of carbonyl (C=O) groups excluding carboxylic acids is 1. The van der Waals surface area contributed by atoms with Crippen molar-refractivity contribution in [3.8, 4) is 0 Å². The van der Waals surface area contributed by atoms with Gasteiger partial charge in [-0.05, 0) is 26.0 Å². The molecule has 0 aliphatic rings. The number of hydrogen-bond donors (Lipinski definition) is 1. The summed E-state index contributed by atoms with van der Waals surface area (Å²) >= 11 is 2.90. The van der Waals surface area contributed by atoms with E-state index in [0.29, 0.717) is 5.13 Å². The zero-order valence-corrected chi connectivity index (χ0v) is 11.7. The van der Waals surface area contributed by atoms with Crippen LogP contribution < -0.4 is 5.32 Å². The number of nitrogens with zero attached hydrogens (tertiary/aromatic N) is 2. The molecule has 0 bridgehead atoms. The number of anilines is 1. The molecule has 0 fully saturated rings. The summed E-state index contributed by atoms with van der Waals surface area (Å²) in [6, 6.07) is 9.86. The van der Waals surface area contributed by atoms with Crippen LogP contribution in [0.1, 0.15) is 11.9 Å². The first kappa shape index (κ1) is 13.0. The molecule has 0 saturated heterocycles. The van der Waals surface area contributed by atoms with Crippen molar-refractivity contribution in [3.05, 3.63) is 35.3 Å². The molecule has 1 atom stereocenters. The Morgan fingerprint density at radius 3 is 2.67 bits per heavy atom. The Labute approximate surface area is 114 Å². The third-order valence-electron chi connectivity index (χ3n) is 2.18. The van der Waals surface area contributed by atoms with Gasteiger partial charge in [-0.1, -0.05) is 29.5 Å². The van der Waals surface area contributed by atoms with Crippen LogP contribution in [0.4, 0.5) is 5.13 Å². The van der Waals surface area contributed by atoms with Crippen LogP contribution in [0.3, 0.4) is 0 Å². The van der Waals surface area contributed by atoms with Gasteiger partial charge in [0.2, 0.25) is 11.0 Å². The van der Waals surface area contributed by atoms with Gasteiger partial charge in [0.1, 0.15) is 5.01 Å². The number of thioether (sulfide) groups is 1. The van der Waals surface area contributed by atoms with Crippen molar-refractivity contribution >= 4 is 34.1 Å². The van der Waals surface area contributed by atoms with Crippen LogP contribution >= 0.6 is 23.1 Å². The SMILES string of the molecule is Cc1nnc(NC(=O)[C@H](C)Sc2ccccc2)s1. The Hall–Kier alpha value is -1.40.